The third-order valence-corrected chi connectivity index (χ3v) is 2.43. The quantitative estimate of drug-likeness (QED) is 0.796. The first-order chi connectivity index (χ1) is 8.81. The second-order valence-corrected chi connectivity index (χ2v) is 3.58. The van der Waals surface area contributed by atoms with Crippen molar-refractivity contribution in [2.24, 2.45) is 0 Å². The van der Waals surface area contributed by atoms with Crippen LogP contribution in [0.25, 0.3) is 0 Å². The van der Waals surface area contributed by atoms with E-state index in [2.05, 4.69) is 15.5 Å². The van der Waals surface area contributed by atoms with Crippen LogP contribution in [0.4, 0.5) is 0 Å². The molecule has 6 nitrogen and oxygen atoms in total. The smallest absolute Gasteiger partial charge is 0.327 e. The maximum Gasteiger partial charge on any atom is 0.327 e. The highest BCUT2D eigenvalue weighted by Gasteiger charge is 2.21. The van der Waals surface area contributed by atoms with Crippen LogP contribution in [0.3, 0.4) is 0 Å². The molecule has 18 heavy (non-hydrogen) atoms. The Morgan fingerprint density at radius 2 is 2.22 bits per heavy atom. The molecule has 1 heterocycles. The fourth-order valence-corrected chi connectivity index (χ4v) is 1.56. The van der Waals surface area contributed by atoms with E-state index in [-0.39, 0.29) is 5.97 Å². The molecular weight excluding hydrogens is 234 g/mol. The van der Waals surface area contributed by atoms with Gasteiger partial charge in [-0.1, -0.05) is 35.5 Å². The number of hydrogen-bond donors (Lipinski definition) is 1. The van der Waals surface area contributed by atoms with Gasteiger partial charge in [-0.05, 0) is 5.56 Å². The number of nitrogens with one attached hydrogen (secondary N) is 1. The molecule has 0 saturated carbocycles. The molecule has 0 aliphatic carbocycles. The van der Waals surface area contributed by atoms with Gasteiger partial charge < -0.3 is 9.26 Å². The number of ether oxygens (including phenoxy) is 1. The van der Waals surface area contributed by atoms with E-state index in [9.17, 15) is 4.79 Å². The number of nitrogens with zero attached hydrogens (tertiary/aromatic N) is 2. The van der Waals surface area contributed by atoms with Crippen LogP contribution in [-0.4, -0.2) is 23.2 Å². The number of esters is 1. The van der Waals surface area contributed by atoms with Crippen molar-refractivity contribution in [3.8, 4) is 0 Å². The van der Waals surface area contributed by atoms with Crippen LogP contribution >= 0.6 is 0 Å². The largest absolute Gasteiger partial charge is 0.468 e. The Labute approximate surface area is 104 Å². The summed E-state index contributed by atoms with van der Waals surface area (Å²) in [5, 5.41) is 6.51. The lowest BCUT2D eigenvalue weighted by molar-refractivity contribution is -0.143. The lowest BCUT2D eigenvalue weighted by Gasteiger charge is -2.15. The van der Waals surface area contributed by atoms with Crippen LogP contribution in [-0.2, 0) is 16.1 Å². The molecule has 0 aliphatic rings. The summed E-state index contributed by atoms with van der Waals surface area (Å²) in [7, 11) is 1.35. The monoisotopic (exact) mass is 247 g/mol. The van der Waals surface area contributed by atoms with Crippen molar-refractivity contribution in [3.63, 3.8) is 0 Å². The standard InChI is InChI=1S/C12H13N3O3/c1-17-12(16)11(9-5-3-2-4-6-9)13-7-10-14-8-15-18-10/h2-6,8,11,13H,7H2,1H3. The lowest BCUT2D eigenvalue weighted by Crippen LogP contribution is -2.29. The van der Waals surface area contributed by atoms with Gasteiger partial charge >= 0.3 is 5.97 Å². The third kappa shape index (κ3) is 2.92. The van der Waals surface area contributed by atoms with Gasteiger partial charge in [-0.2, -0.15) is 4.98 Å². The SMILES string of the molecule is COC(=O)C(NCc1ncno1)c1ccccc1. The molecule has 1 aromatic carbocycles. The Hall–Kier alpha value is -2.21. The van der Waals surface area contributed by atoms with Crippen LogP contribution in [0.15, 0.2) is 41.2 Å². The number of carbonyl (C=O) groups excluding carboxylic acids is 1. The molecule has 0 spiro atoms. The predicted molar refractivity (Wildman–Crippen MR) is 62.3 cm³/mol. The second kappa shape index (κ2) is 5.92. The van der Waals surface area contributed by atoms with Gasteiger partial charge in [0.25, 0.3) is 0 Å². The number of carbonyl (C=O) groups is 1. The van der Waals surface area contributed by atoms with Crippen LogP contribution in [0.1, 0.15) is 17.5 Å². The zero-order chi connectivity index (χ0) is 12.8. The third-order valence-electron chi connectivity index (χ3n) is 2.43. The van der Waals surface area contributed by atoms with E-state index in [1.54, 1.807) is 0 Å². The van der Waals surface area contributed by atoms with Gasteiger partial charge in [-0.25, -0.2) is 4.79 Å². The van der Waals surface area contributed by atoms with Gasteiger partial charge in [0.2, 0.25) is 5.89 Å². The zero-order valence-electron chi connectivity index (χ0n) is 9.87. The van der Waals surface area contributed by atoms with Crippen molar-refractivity contribution in [3.05, 3.63) is 48.1 Å². The normalized spacial score (nSPS) is 12.1. The molecule has 0 fully saturated rings. The van der Waals surface area contributed by atoms with Crippen molar-refractivity contribution < 1.29 is 14.1 Å². The Balaban J connectivity index is 2.09. The topological polar surface area (TPSA) is 77.2 Å². The molecular formula is C12H13N3O3. The number of rotatable bonds is 5. The fourth-order valence-electron chi connectivity index (χ4n) is 1.56. The van der Waals surface area contributed by atoms with Crippen LogP contribution < -0.4 is 5.32 Å². The van der Waals surface area contributed by atoms with E-state index >= 15 is 0 Å². The molecule has 1 N–H and O–H groups in total. The highest BCUT2D eigenvalue weighted by molar-refractivity contribution is 5.77. The fraction of sp³-hybridized carbons (Fsp3) is 0.250. The molecule has 6 heteroatoms. The van der Waals surface area contributed by atoms with Gasteiger partial charge in [0.15, 0.2) is 6.33 Å². The molecule has 0 amide bonds. The van der Waals surface area contributed by atoms with Gasteiger partial charge in [0, 0.05) is 0 Å². The minimum Gasteiger partial charge on any atom is -0.468 e. The summed E-state index contributed by atoms with van der Waals surface area (Å²) in [6, 6.07) is 8.75. The van der Waals surface area contributed by atoms with Crippen molar-refractivity contribution in [2.45, 2.75) is 12.6 Å². The molecule has 94 valence electrons. The van der Waals surface area contributed by atoms with Crippen molar-refractivity contribution in [1.29, 1.82) is 0 Å². The van der Waals surface area contributed by atoms with Crippen molar-refractivity contribution >= 4 is 5.97 Å². The van der Waals surface area contributed by atoms with Crippen LogP contribution in [0, 0.1) is 0 Å². The first-order valence-electron chi connectivity index (χ1n) is 5.43. The molecule has 0 bridgehead atoms. The second-order valence-electron chi connectivity index (χ2n) is 3.58. The maximum absolute atomic E-state index is 11.7. The average molecular weight is 247 g/mol. The number of methoxy groups -OCH3 is 1. The van der Waals surface area contributed by atoms with E-state index in [1.165, 1.54) is 13.4 Å². The van der Waals surface area contributed by atoms with Gasteiger partial charge in [-0.15, -0.1) is 0 Å². The Morgan fingerprint density at radius 3 is 2.83 bits per heavy atom. The Bertz CT molecular complexity index is 485. The van der Waals surface area contributed by atoms with E-state index in [0.29, 0.717) is 12.4 Å². The molecule has 0 aliphatic heterocycles. The summed E-state index contributed by atoms with van der Waals surface area (Å²) < 4.78 is 9.63. The van der Waals surface area contributed by atoms with Crippen molar-refractivity contribution in [2.75, 3.05) is 7.11 Å². The summed E-state index contributed by atoms with van der Waals surface area (Å²) >= 11 is 0. The first-order valence-corrected chi connectivity index (χ1v) is 5.43. The van der Waals surface area contributed by atoms with E-state index in [0.717, 1.165) is 5.56 Å². The summed E-state index contributed by atoms with van der Waals surface area (Å²) in [5.74, 6) is 0.0561. The maximum atomic E-state index is 11.7. The van der Waals surface area contributed by atoms with Gasteiger partial charge in [0.05, 0.1) is 13.7 Å². The highest BCUT2D eigenvalue weighted by Crippen LogP contribution is 2.14. The number of hydrogen-bond acceptors (Lipinski definition) is 6. The molecule has 0 saturated heterocycles. The Morgan fingerprint density at radius 1 is 1.44 bits per heavy atom. The van der Waals surface area contributed by atoms with Crippen LogP contribution in [0.5, 0.6) is 0 Å². The summed E-state index contributed by atoms with van der Waals surface area (Å²) in [5.41, 5.74) is 0.823. The zero-order valence-corrected chi connectivity index (χ0v) is 9.87. The highest BCUT2D eigenvalue weighted by atomic mass is 16.5. The lowest BCUT2D eigenvalue weighted by atomic mass is 10.1. The summed E-state index contributed by atoms with van der Waals surface area (Å²) in [4.78, 5) is 15.6. The molecule has 2 rings (SSSR count). The van der Waals surface area contributed by atoms with E-state index < -0.39 is 6.04 Å². The molecule has 1 atom stereocenters. The number of aromatic nitrogens is 2. The predicted octanol–water partition coefficient (Wildman–Crippen LogP) is 1.07. The minimum atomic E-state index is -0.553. The molecule has 1 aromatic heterocycles. The minimum absolute atomic E-state index is 0.300. The number of benzene rings is 1. The first kappa shape index (κ1) is 12.3. The summed E-state index contributed by atoms with van der Waals surface area (Å²) in [6.07, 6.45) is 1.31. The van der Waals surface area contributed by atoms with Gasteiger partial charge in [-0.3, -0.25) is 5.32 Å². The average Bonchev–Trinajstić information content (AvgIpc) is 2.93. The Kier molecular flexibility index (Phi) is 4.03. The van der Waals surface area contributed by atoms with E-state index in [4.69, 9.17) is 9.26 Å². The molecule has 2 aromatic rings. The van der Waals surface area contributed by atoms with Crippen molar-refractivity contribution in [1.82, 2.24) is 15.5 Å². The van der Waals surface area contributed by atoms with Gasteiger partial charge in [0.1, 0.15) is 6.04 Å². The molecule has 1 unspecified atom stereocenters. The van der Waals surface area contributed by atoms with Crippen LogP contribution in [0.2, 0.25) is 0 Å². The summed E-state index contributed by atoms with van der Waals surface area (Å²) in [6.45, 7) is 0.300. The van der Waals surface area contributed by atoms with E-state index in [1.807, 2.05) is 30.3 Å². The molecule has 0 radical (unpaired) electrons.